The number of ether oxygens (including phenoxy) is 5. The first-order chi connectivity index (χ1) is 19.5. The molecule has 0 aromatic heterocycles. The van der Waals surface area contributed by atoms with E-state index in [0.717, 1.165) is 12.1 Å². The van der Waals surface area contributed by atoms with Crippen LogP contribution in [0, 0.1) is 0 Å². The quantitative estimate of drug-likeness (QED) is 0.167. The lowest BCUT2D eigenvalue weighted by molar-refractivity contribution is -0.351. The second-order valence-corrected chi connectivity index (χ2v) is 9.83. The second-order valence-electron chi connectivity index (χ2n) is 9.83. The van der Waals surface area contributed by atoms with Crippen LogP contribution in [0.2, 0.25) is 0 Å². The van der Waals surface area contributed by atoms with E-state index in [-0.39, 0.29) is 34.2 Å². The number of hydrogen-bond acceptors (Lipinski definition) is 15. The summed E-state index contributed by atoms with van der Waals surface area (Å²) in [4.78, 5) is 0. The fraction of sp³-hybridized carbons (Fsp3) is 0.462. The van der Waals surface area contributed by atoms with Crippen LogP contribution in [0.5, 0.6) is 11.5 Å². The van der Waals surface area contributed by atoms with E-state index in [1.54, 1.807) is 0 Å². The van der Waals surface area contributed by atoms with Crippen molar-refractivity contribution in [2.45, 2.75) is 61.4 Å². The zero-order valence-electron chi connectivity index (χ0n) is 21.2. The summed E-state index contributed by atoms with van der Waals surface area (Å²) in [5.41, 5.74) is 0.309. The van der Waals surface area contributed by atoms with Crippen LogP contribution in [-0.4, -0.2) is 126 Å². The van der Waals surface area contributed by atoms with E-state index in [2.05, 4.69) is 0 Å². The highest BCUT2D eigenvalue weighted by Crippen LogP contribution is 2.40. The molecule has 3 aliphatic heterocycles. The van der Waals surface area contributed by atoms with Gasteiger partial charge in [-0.2, -0.15) is 0 Å². The molecule has 5 rings (SSSR count). The number of aliphatic hydroxyl groups excluding tert-OH is 8. The average Bonchev–Trinajstić information content (AvgIpc) is 2.94. The van der Waals surface area contributed by atoms with E-state index >= 15 is 0 Å². The van der Waals surface area contributed by atoms with Gasteiger partial charge < -0.3 is 74.7 Å². The molecule has 0 amide bonds. The molecule has 0 radical (unpaired) electrons. The minimum Gasteiger partial charge on any atom is -0.508 e. The third-order valence-electron chi connectivity index (χ3n) is 7.01. The molecule has 0 saturated carbocycles. The Morgan fingerprint density at radius 3 is 2.32 bits per heavy atom. The molecule has 0 bridgehead atoms. The summed E-state index contributed by atoms with van der Waals surface area (Å²) in [5, 5.41) is 101. The monoisotopic (exact) mass is 582 g/mol. The smallest absolute Gasteiger partial charge is 0.229 e. The number of phenolic OH excluding ortho intramolecular Hbond substituents is 2. The third kappa shape index (κ3) is 5.59. The van der Waals surface area contributed by atoms with Gasteiger partial charge in [0.2, 0.25) is 6.29 Å². The van der Waals surface area contributed by atoms with Gasteiger partial charge in [-0.1, -0.05) is 0 Å². The number of aromatic hydroxyl groups is 2. The van der Waals surface area contributed by atoms with Gasteiger partial charge in [0.25, 0.3) is 0 Å². The number of hydrogen-bond donors (Lipinski definition) is 10. The zero-order chi connectivity index (χ0) is 29.6. The molecule has 41 heavy (non-hydrogen) atoms. The van der Waals surface area contributed by atoms with Crippen LogP contribution >= 0.6 is 0 Å². The van der Waals surface area contributed by atoms with Crippen LogP contribution in [0.15, 0.2) is 59.3 Å². The Hall–Kier alpha value is -3.38. The molecule has 1 aliphatic carbocycles. The standard InChI is InChI=1S/C26H30O15/c27-7-18-20(34)21(35)24(41-25-22(36)19(33)15(32)8-37-25)26(40-18)39-17-6-11-13(30)4-10(28)5-16(11)38-23(17)9-1-2-12(29)14(31)3-9/h1-6,15-16,18-22,24-36H,7-8H2/t15-,16?,18-,19+,20+,21+,22-,24-,25+,26-/m0/s1. The van der Waals surface area contributed by atoms with Gasteiger partial charge in [-0.05, 0) is 24.3 Å². The summed E-state index contributed by atoms with van der Waals surface area (Å²) in [6.07, 6.45) is -11.9. The summed E-state index contributed by atoms with van der Waals surface area (Å²) >= 11 is 0. The summed E-state index contributed by atoms with van der Waals surface area (Å²) in [5.74, 6) is -1.83. The molecule has 0 spiro atoms. The van der Waals surface area contributed by atoms with Gasteiger partial charge in [-0.25, -0.2) is 0 Å². The van der Waals surface area contributed by atoms with E-state index < -0.39 is 86.1 Å². The lowest BCUT2D eigenvalue weighted by Gasteiger charge is -2.45. The highest BCUT2D eigenvalue weighted by molar-refractivity contribution is 5.70. The first kappa shape index (κ1) is 29.1. The highest BCUT2D eigenvalue weighted by atomic mass is 16.8. The fourth-order valence-electron chi connectivity index (χ4n) is 4.75. The number of rotatable bonds is 6. The van der Waals surface area contributed by atoms with Crippen LogP contribution in [0.25, 0.3) is 5.76 Å². The van der Waals surface area contributed by atoms with Crippen molar-refractivity contribution in [3.05, 3.63) is 64.8 Å². The minimum absolute atomic E-state index is 0.0798. The molecule has 10 atom stereocenters. The van der Waals surface area contributed by atoms with Gasteiger partial charge >= 0.3 is 0 Å². The maximum Gasteiger partial charge on any atom is 0.229 e. The predicted octanol–water partition coefficient (Wildman–Crippen LogP) is -1.73. The van der Waals surface area contributed by atoms with E-state index in [9.17, 15) is 51.1 Å². The number of fused-ring (bicyclic) bond motifs is 1. The van der Waals surface area contributed by atoms with Crippen molar-refractivity contribution < 1.29 is 74.7 Å². The van der Waals surface area contributed by atoms with Crippen LogP contribution in [0.1, 0.15) is 5.56 Å². The van der Waals surface area contributed by atoms with Crippen LogP contribution < -0.4 is 0 Å². The van der Waals surface area contributed by atoms with Crippen LogP contribution in [0.4, 0.5) is 0 Å². The molecular formula is C26H30O15. The normalized spacial score (nSPS) is 37.4. The molecule has 10 N–H and O–H groups in total. The van der Waals surface area contributed by atoms with E-state index in [0.29, 0.717) is 0 Å². The largest absolute Gasteiger partial charge is 0.508 e. The van der Waals surface area contributed by atoms with Gasteiger partial charge in [0.05, 0.1) is 13.2 Å². The minimum atomic E-state index is -1.79. The van der Waals surface area contributed by atoms with Crippen molar-refractivity contribution in [2.24, 2.45) is 0 Å². The molecule has 15 nitrogen and oxygen atoms in total. The van der Waals surface area contributed by atoms with Gasteiger partial charge in [0.1, 0.15) is 54.2 Å². The van der Waals surface area contributed by atoms with E-state index in [1.807, 2.05) is 0 Å². The second kappa shape index (κ2) is 11.5. The lowest BCUT2D eigenvalue weighted by atomic mass is 9.96. The summed E-state index contributed by atoms with van der Waals surface area (Å²) in [6.45, 7) is -1.17. The van der Waals surface area contributed by atoms with Crippen molar-refractivity contribution in [3.8, 4) is 11.5 Å². The zero-order valence-corrected chi connectivity index (χ0v) is 21.2. The Balaban J connectivity index is 1.53. The van der Waals surface area contributed by atoms with Crippen molar-refractivity contribution in [3.63, 3.8) is 0 Å². The average molecular weight is 583 g/mol. The van der Waals surface area contributed by atoms with Crippen LogP contribution in [0.3, 0.4) is 0 Å². The molecule has 2 saturated heterocycles. The number of phenols is 2. The van der Waals surface area contributed by atoms with Crippen LogP contribution in [-0.2, 0) is 23.7 Å². The summed E-state index contributed by atoms with van der Waals surface area (Å²) in [6, 6.07) is 3.70. The number of aliphatic hydroxyl groups is 8. The van der Waals surface area contributed by atoms with Crippen molar-refractivity contribution in [1.29, 1.82) is 0 Å². The van der Waals surface area contributed by atoms with Crippen molar-refractivity contribution in [2.75, 3.05) is 13.2 Å². The highest BCUT2D eigenvalue weighted by Gasteiger charge is 2.50. The van der Waals surface area contributed by atoms with Crippen molar-refractivity contribution in [1.82, 2.24) is 0 Å². The number of benzene rings is 1. The summed E-state index contributed by atoms with van der Waals surface area (Å²) in [7, 11) is 0. The molecule has 15 heteroatoms. The summed E-state index contributed by atoms with van der Waals surface area (Å²) < 4.78 is 28.6. The van der Waals surface area contributed by atoms with Gasteiger partial charge in [0, 0.05) is 23.3 Å². The van der Waals surface area contributed by atoms with Gasteiger partial charge in [-0.3, -0.25) is 0 Å². The van der Waals surface area contributed by atoms with E-state index in [4.69, 9.17) is 23.7 Å². The van der Waals surface area contributed by atoms with E-state index in [1.165, 1.54) is 24.3 Å². The van der Waals surface area contributed by atoms with Gasteiger partial charge in [0.15, 0.2) is 35.4 Å². The SMILES string of the molecule is OC[C@@H]1O[C@H](OC2=C(c3ccc(O)c(O)c3)OC3C=C(O)C=C(O)C3=C2)[C@@H](O[C@H]2OC[C@H](O)[C@@H](O)[C@@H]2O)[C@H](O)[C@@H]1O. The molecule has 1 aromatic carbocycles. The molecule has 2 fully saturated rings. The maximum absolute atomic E-state index is 10.9. The predicted molar refractivity (Wildman–Crippen MR) is 133 cm³/mol. The molecule has 1 unspecified atom stereocenters. The first-order valence-corrected chi connectivity index (χ1v) is 12.6. The Kier molecular flexibility index (Phi) is 8.15. The van der Waals surface area contributed by atoms with Crippen molar-refractivity contribution >= 4 is 5.76 Å². The molecule has 3 heterocycles. The third-order valence-corrected chi connectivity index (χ3v) is 7.01. The lowest BCUT2D eigenvalue weighted by Crippen LogP contribution is -2.63. The topological polar surface area (TPSA) is 248 Å². The fourth-order valence-corrected chi connectivity index (χ4v) is 4.75. The maximum atomic E-state index is 10.9. The molecule has 1 aromatic rings. The first-order valence-electron chi connectivity index (χ1n) is 12.6. The molecule has 224 valence electrons. The molecule has 4 aliphatic rings. The Morgan fingerprint density at radius 1 is 0.854 bits per heavy atom. The van der Waals surface area contributed by atoms with Gasteiger partial charge in [-0.15, -0.1) is 0 Å². The Bertz CT molecular complexity index is 1270. The Labute approximate surface area is 231 Å². The Morgan fingerprint density at radius 2 is 1.61 bits per heavy atom. The molecular weight excluding hydrogens is 552 g/mol. The number of allylic oxidation sites excluding steroid dienone is 2.